The van der Waals surface area contributed by atoms with E-state index in [4.69, 9.17) is 14.2 Å². The maximum Gasteiger partial charge on any atom is 0.335 e. The number of carbonyl (C=O) groups excluding carboxylic acids is 2. The number of unbranched alkanes of at least 4 members (excludes halogenated alkanes) is 1. The molecule has 0 spiro atoms. The third-order valence-electron chi connectivity index (χ3n) is 2.35. The van der Waals surface area contributed by atoms with Crippen LogP contribution in [-0.4, -0.2) is 37.9 Å². The molecular formula is C14H26O5. The van der Waals surface area contributed by atoms with Crippen LogP contribution in [0.1, 0.15) is 52.9 Å². The fourth-order valence-electron chi connectivity index (χ4n) is 1.30. The summed E-state index contributed by atoms with van der Waals surface area (Å²) in [4.78, 5) is 23.3. The average molecular weight is 274 g/mol. The van der Waals surface area contributed by atoms with E-state index in [1.807, 2.05) is 20.8 Å². The molecule has 0 aromatic heterocycles. The van der Waals surface area contributed by atoms with Crippen LogP contribution in [0.4, 0.5) is 0 Å². The van der Waals surface area contributed by atoms with Crippen molar-refractivity contribution in [2.45, 2.75) is 59.0 Å². The van der Waals surface area contributed by atoms with Crippen molar-refractivity contribution < 1.29 is 23.8 Å². The van der Waals surface area contributed by atoms with Crippen LogP contribution < -0.4 is 0 Å². The van der Waals surface area contributed by atoms with Gasteiger partial charge < -0.3 is 14.2 Å². The Labute approximate surface area is 115 Å². The summed E-state index contributed by atoms with van der Waals surface area (Å²) in [5.74, 6) is -0.900. The molecule has 0 rings (SSSR count). The molecule has 1 unspecified atom stereocenters. The van der Waals surface area contributed by atoms with E-state index in [9.17, 15) is 9.59 Å². The lowest BCUT2D eigenvalue weighted by atomic mass is 10.2. The van der Waals surface area contributed by atoms with E-state index in [1.54, 1.807) is 0 Å². The van der Waals surface area contributed by atoms with E-state index in [-0.39, 0.29) is 6.42 Å². The van der Waals surface area contributed by atoms with Crippen LogP contribution in [0.25, 0.3) is 0 Å². The maximum atomic E-state index is 11.8. The van der Waals surface area contributed by atoms with Crippen molar-refractivity contribution >= 4 is 11.9 Å². The number of esters is 2. The van der Waals surface area contributed by atoms with Gasteiger partial charge in [0.05, 0.1) is 19.6 Å². The molecule has 0 aromatic carbocycles. The van der Waals surface area contributed by atoms with Gasteiger partial charge in [0.1, 0.15) is 0 Å². The van der Waals surface area contributed by atoms with Gasteiger partial charge in [0.25, 0.3) is 0 Å². The third-order valence-corrected chi connectivity index (χ3v) is 2.35. The van der Waals surface area contributed by atoms with E-state index < -0.39 is 18.0 Å². The number of ether oxygens (including phenoxy) is 3. The van der Waals surface area contributed by atoms with Gasteiger partial charge >= 0.3 is 11.9 Å². The van der Waals surface area contributed by atoms with Gasteiger partial charge in [0.15, 0.2) is 6.10 Å². The first-order valence-corrected chi connectivity index (χ1v) is 7.09. The molecule has 0 saturated carbocycles. The van der Waals surface area contributed by atoms with Gasteiger partial charge in [0.2, 0.25) is 0 Å². The van der Waals surface area contributed by atoms with Gasteiger partial charge in [-0.1, -0.05) is 27.2 Å². The highest BCUT2D eigenvalue weighted by Gasteiger charge is 2.24. The number of carbonyl (C=O) groups is 2. The minimum absolute atomic E-state index is 0.0771. The topological polar surface area (TPSA) is 61.8 Å². The maximum absolute atomic E-state index is 11.8. The highest BCUT2D eigenvalue weighted by atomic mass is 16.6. The third kappa shape index (κ3) is 9.47. The van der Waals surface area contributed by atoms with Gasteiger partial charge in [-0.2, -0.15) is 0 Å². The van der Waals surface area contributed by atoms with Gasteiger partial charge in [-0.15, -0.1) is 0 Å². The Morgan fingerprint density at radius 1 is 0.895 bits per heavy atom. The highest BCUT2D eigenvalue weighted by molar-refractivity contribution is 5.81. The van der Waals surface area contributed by atoms with Crippen LogP contribution in [0.15, 0.2) is 0 Å². The van der Waals surface area contributed by atoms with E-state index in [0.29, 0.717) is 19.8 Å². The number of hydrogen-bond donors (Lipinski definition) is 0. The summed E-state index contributed by atoms with van der Waals surface area (Å²) in [6.07, 6.45) is 2.40. The predicted molar refractivity (Wildman–Crippen MR) is 71.8 cm³/mol. The SMILES string of the molecule is CCCCOC(CC(=O)OCCC)C(=O)OCCC. The lowest BCUT2D eigenvalue weighted by molar-refractivity contribution is -0.164. The number of hydrogen-bond acceptors (Lipinski definition) is 5. The van der Waals surface area contributed by atoms with Crippen LogP contribution in [0.2, 0.25) is 0 Å². The second-order valence-corrected chi connectivity index (χ2v) is 4.31. The molecule has 0 aliphatic carbocycles. The van der Waals surface area contributed by atoms with Crippen LogP contribution >= 0.6 is 0 Å². The Kier molecular flexibility index (Phi) is 11.3. The second-order valence-electron chi connectivity index (χ2n) is 4.31. The van der Waals surface area contributed by atoms with E-state index in [1.165, 1.54) is 0 Å². The minimum Gasteiger partial charge on any atom is -0.466 e. The molecule has 0 saturated heterocycles. The molecule has 0 amide bonds. The fourth-order valence-corrected chi connectivity index (χ4v) is 1.30. The lowest BCUT2D eigenvalue weighted by Gasteiger charge is -2.16. The Bertz CT molecular complexity index is 252. The largest absolute Gasteiger partial charge is 0.466 e. The molecule has 0 heterocycles. The molecule has 5 heteroatoms. The van der Waals surface area contributed by atoms with E-state index >= 15 is 0 Å². The first-order valence-electron chi connectivity index (χ1n) is 7.09. The first-order chi connectivity index (χ1) is 9.15. The van der Waals surface area contributed by atoms with Crippen LogP contribution in [0.3, 0.4) is 0 Å². The molecule has 5 nitrogen and oxygen atoms in total. The summed E-state index contributed by atoms with van der Waals surface area (Å²) in [6, 6.07) is 0. The normalized spacial score (nSPS) is 11.9. The van der Waals surface area contributed by atoms with Crippen LogP contribution in [-0.2, 0) is 23.8 Å². The zero-order chi connectivity index (χ0) is 14.5. The van der Waals surface area contributed by atoms with Crippen molar-refractivity contribution in [2.24, 2.45) is 0 Å². The Balaban J connectivity index is 4.22. The lowest BCUT2D eigenvalue weighted by Crippen LogP contribution is -2.30. The van der Waals surface area contributed by atoms with Crippen molar-refractivity contribution in [3.63, 3.8) is 0 Å². The molecular weight excluding hydrogens is 248 g/mol. The van der Waals surface area contributed by atoms with E-state index in [2.05, 4.69) is 0 Å². The summed E-state index contributed by atoms with van der Waals surface area (Å²) in [6.45, 7) is 7.02. The zero-order valence-corrected chi connectivity index (χ0v) is 12.3. The van der Waals surface area contributed by atoms with Crippen LogP contribution in [0.5, 0.6) is 0 Å². The van der Waals surface area contributed by atoms with Crippen molar-refractivity contribution in [2.75, 3.05) is 19.8 Å². The second kappa shape index (κ2) is 12.0. The summed E-state index contributed by atoms with van der Waals surface area (Å²) < 4.78 is 15.4. The summed E-state index contributed by atoms with van der Waals surface area (Å²) in [5, 5.41) is 0. The molecule has 112 valence electrons. The van der Waals surface area contributed by atoms with Crippen molar-refractivity contribution in [1.29, 1.82) is 0 Å². The Hall–Kier alpha value is -1.10. The Morgan fingerprint density at radius 2 is 1.53 bits per heavy atom. The van der Waals surface area contributed by atoms with E-state index in [0.717, 1.165) is 25.7 Å². The predicted octanol–water partition coefficient (Wildman–Crippen LogP) is 2.47. The molecule has 0 aliphatic rings. The molecule has 0 N–H and O–H groups in total. The van der Waals surface area contributed by atoms with Gasteiger partial charge in [-0.3, -0.25) is 4.79 Å². The van der Waals surface area contributed by atoms with Gasteiger partial charge in [-0.05, 0) is 19.3 Å². The summed E-state index contributed by atoms with van der Waals surface area (Å²) in [5.41, 5.74) is 0. The van der Waals surface area contributed by atoms with Crippen molar-refractivity contribution in [3.05, 3.63) is 0 Å². The Morgan fingerprint density at radius 3 is 2.11 bits per heavy atom. The molecule has 19 heavy (non-hydrogen) atoms. The average Bonchev–Trinajstić information content (AvgIpc) is 2.41. The molecule has 1 atom stereocenters. The molecule has 0 radical (unpaired) electrons. The number of rotatable bonds is 11. The molecule has 0 aliphatic heterocycles. The molecule has 0 fully saturated rings. The minimum atomic E-state index is -0.845. The standard InChI is InChI=1S/C14H26O5/c1-4-7-10-17-12(14(16)19-9-6-3)11-13(15)18-8-5-2/h12H,4-11H2,1-3H3. The monoisotopic (exact) mass is 274 g/mol. The zero-order valence-electron chi connectivity index (χ0n) is 12.3. The quantitative estimate of drug-likeness (QED) is 0.428. The van der Waals surface area contributed by atoms with Crippen molar-refractivity contribution in [1.82, 2.24) is 0 Å². The summed E-state index contributed by atoms with van der Waals surface area (Å²) in [7, 11) is 0. The van der Waals surface area contributed by atoms with Gasteiger partial charge in [0, 0.05) is 6.61 Å². The smallest absolute Gasteiger partial charge is 0.335 e. The molecule has 0 bridgehead atoms. The highest BCUT2D eigenvalue weighted by Crippen LogP contribution is 2.06. The van der Waals surface area contributed by atoms with Crippen LogP contribution in [0, 0.1) is 0 Å². The summed E-state index contributed by atoms with van der Waals surface area (Å²) >= 11 is 0. The van der Waals surface area contributed by atoms with Gasteiger partial charge in [-0.25, -0.2) is 4.79 Å². The first kappa shape index (κ1) is 17.9. The molecule has 0 aromatic rings. The van der Waals surface area contributed by atoms with Crippen molar-refractivity contribution in [3.8, 4) is 0 Å². The fraction of sp³-hybridized carbons (Fsp3) is 0.857.